The highest BCUT2D eigenvalue weighted by molar-refractivity contribution is 5.08. The second kappa shape index (κ2) is 5.27. The maximum atomic E-state index is 4.63. The average Bonchev–Trinajstić information content (AvgIpc) is 3.06. The Bertz CT molecular complexity index is 404. The van der Waals surface area contributed by atoms with Gasteiger partial charge in [-0.1, -0.05) is 13.0 Å². The van der Waals surface area contributed by atoms with E-state index in [1.807, 2.05) is 4.68 Å². The molecular weight excluding hydrogens is 222 g/mol. The van der Waals surface area contributed by atoms with E-state index < -0.39 is 0 Å². The Morgan fingerprint density at radius 2 is 2.33 bits per heavy atom. The molecule has 1 aromatic heterocycles. The van der Waals surface area contributed by atoms with Gasteiger partial charge in [0, 0.05) is 36.7 Å². The third-order valence-electron chi connectivity index (χ3n) is 3.64. The van der Waals surface area contributed by atoms with Crippen LogP contribution in [0.25, 0.3) is 0 Å². The van der Waals surface area contributed by atoms with Crippen molar-refractivity contribution in [2.24, 2.45) is 5.41 Å². The van der Waals surface area contributed by atoms with Crippen LogP contribution in [-0.4, -0.2) is 22.4 Å². The van der Waals surface area contributed by atoms with Gasteiger partial charge in [-0.2, -0.15) is 5.10 Å². The average molecular weight is 247 g/mol. The number of nitrogens with one attached hydrogen (secondary N) is 1. The monoisotopic (exact) mass is 247 g/mol. The predicted molar refractivity (Wildman–Crippen MR) is 75.6 cm³/mol. The van der Waals surface area contributed by atoms with E-state index in [9.17, 15) is 0 Å². The van der Waals surface area contributed by atoms with Crippen molar-refractivity contribution >= 4 is 0 Å². The lowest BCUT2D eigenvalue weighted by Gasteiger charge is -2.25. The van der Waals surface area contributed by atoms with Gasteiger partial charge in [0.1, 0.15) is 0 Å². The molecule has 1 aliphatic carbocycles. The van der Waals surface area contributed by atoms with Crippen LogP contribution in [0, 0.1) is 5.41 Å². The fourth-order valence-electron chi connectivity index (χ4n) is 2.04. The molecule has 0 aliphatic heterocycles. The summed E-state index contributed by atoms with van der Waals surface area (Å²) in [6.45, 7) is 11.5. The molecule has 0 radical (unpaired) electrons. The molecular formula is C15H25N3. The van der Waals surface area contributed by atoms with Crippen LogP contribution in [-0.2, 0) is 6.42 Å². The Hall–Kier alpha value is -1.09. The van der Waals surface area contributed by atoms with Crippen molar-refractivity contribution in [3.63, 3.8) is 0 Å². The van der Waals surface area contributed by atoms with Gasteiger partial charge >= 0.3 is 0 Å². The quantitative estimate of drug-likeness (QED) is 0.751. The van der Waals surface area contributed by atoms with E-state index in [0.29, 0.717) is 6.04 Å². The molecule has 1 aliphatic rings. The van der Waals surface area contributed by atoms with E-state index in [1.165, 1.54) is 12.8 Å². The highest BCUT2D eigenvalue weighted by atomic mass is 15.3. The van der Waals surface area contributed by atoms with Crippen molar-refractivity contribution in [3.8, 4) is 0 Å². The van der Waals surface area contributed by atoms with E-state index in [0.717, 1.165) is 24.7 Å². The molecule has 1 atom stereocenters. The summed E-state index contributed by atoms with van der Waals surface area (Å²) in [5, 5.41) is 8.22. The van der Waals surface area contributed by atoms with Crippen LogP contribution in [0.5, 0.6) is 0 Å². The Labute approximate surface area is 110 Å². The highest BCUT2D eigenvalue weighted by Crippen LogP contribution is 2.26. The molecule has 1 fully saturated rings. The van der Waals surface area contributed by atoms with E-state index in [4.69, 9.17) is 0 Å². The van der Waals surface area contributed by atoms with Gasteiger partial charge in [0.25, 0.3) is 0 Å². The second-order valence-corrected chi connectivity index (χ2v) is 6.07. The summed E-state index contributed by atoms with van der Waals surface area (Å²) in [6, 6.07) is 3.30. The molecule has 100 valence electrons. The Morgan fingerprint density at radius 3 is 2.83 bits per heavy atom. The fourth-order valence-corrected chi connectivity index (χ4v) is 2.04. The first-order chi connectivity index (χ1) is 8.52. The van der Waals surface area contributed by atoms with Crippen molar-refractivity contribution in [3.05, 3.63) is 30.6 Å². The summed E-state index contributed by atoms with van der Waals surface area (Å²) < 4.78 is 2.02. The van der Waals surface area contributed by atoms with E-state index in [-0.39, 0.29) is 5.41 Å². The van der Waals surface area contributed by atoms with Gasteiger partial charge in [-0.05, 0) is 32.8 Å². The minimum atomic E-state index is 0.0960. The third-order valence-corrected chi connectivity index (χ3v) is 3.64. The normalized spacial score (nSPS) is 18.9. The van der Waals surface area contributed by atoms with Gasteiger partial charge in [0.15, 0.2) is 0 Å². The van der Waals surface area contributed by atoms with Gasteiger partial charge in [0.2, 0.25) is 0 Å². The van der Waals surface area contributed by atoms with E-state index in [1.54, 1.807) is 0 Å². The molecule has 1 aromatic rings. The molecule has 1 N–H and O–H groups in total. The Morgan fingerprint density at radius 1 is 1.61 bits per heavy atom. The molecule has 0 spiro atoms. The zero-order valence-corrected chi connectivity index (χ0v) is 11.8. The molecule has 0 saturated heterocycles. The van der Waals surface area contributed by atoms with Gasteiger partial charge in [-0.25, -0.2) is 0 Å². The van der Waals surface area contributed by atoms with Crippen molar-refractivity contribution in [1.29, 1.82) is 0 Å². The summed E-state index contributed by atoms with van der Waals surface area (Å²) in [5.74, 6) is 0. The highest BCUT2D eigenvalue weighted by Gasteiger charge is 2.27. The van der Waals surface area contributed by atoms with Crippen molar-refractivity contribution in [2.45, 2.75) is 52.1 Å². The molecule has 0 amide bonds. The number of rotatable bonds is 7. The summed E-state index contributed by atoms with van der Waals surface area (Å²) >= 11 is 0. The molecule has 3 nitrogen and oxygen atoms in total. The van der Waals surface area contributed by atoms with Gasteiger partial charge < -0.3 is 5.32 Å². The third kappa shape index (κ3) is 3.45. The predicted octanol–water partition coefficient (Wildman–Crippen LogP) is 2.95. The molecule has 0 aromatic carbocycles. The number of hydrogen-bond donors (Lipinski definition) is 1. The largest absolute Gasteiger partial charge is 0.313 e. The molecule has 1 saturated carbocycles. The molecule has 0 bridgehead atoms. The van der Waals surface area contributed by atoms with Crippen LogP contribution < -0.4 is 5.32 Å². The standard InChI is InChI=1S/C15H25N3/c1-5-15(4,11-16-13-6-7-13)10-14-8-9-18(17-14)12(2)3/h5,8-9,12-13,16H,1,6-7,10-11H2,2-4H3. The zero-order chi connectivity index (χ0) is 13.2. The maximum absolute atomic E-state index is 4.63. The molecule has 2 rings (SSSR count). The first-order valence-electron chi connectivity index (χ1n) is 6.93. The van der Waals surface area contributed by atoms with Gasteiger partial charge in [-0.3, -0.25) is 4.68 Å². The number of aromatic nitrogens is 2. The lowest BCUT2D eigenvalue weighted by Crippen LogP contribution is -2.33. The molecule has 1 heterocycles. The molecule has 18 heavy (non-hydrogen) atoms. The summed E-state index contributed by atoms with van der Waals surface area (Å²) in [6.07, 6.45) is 7.74. The van der Waals surface area contributed by atoms with Gasteiger partial charge in [-0.15, -0.1) is 6.58 Å². The fraction of sp³-hybridized carbons (Fsp3) is 0.667. The lowest BCUT2D eigenvalue weighted by atomic mass is 9.85. The van der Waals surface area contributed by atoms with Crippen molar-refractivity contribution in [2.75, 3.05) is 6.54 Å². The van der Waals surface area contributed by atoms with Crippen LogP contribution in [0.2, 0.25) is 0 Å². The number of nitrogens with zero attached hydrogens (tertiary/aromatic N) is 2. The number of hydrogen-bond acceptors (Lipinski definition) is 2. The summed E-state index contributed by atoms with van der Waals surface area (Å²) in [7, 11) is 0. The first-order valence-corrected chi connectivity index (χ1v) is 6.93. The summed E-state index contributed by atoms with van der Waals surface area (Å²) in [5.41, 5.74) is 1.25. The molecule has 3 heteroatoms. The minimum absolute atomic E-state index is 0.0960. The first kappa shape index (κ1) is 13.3. The lowest BCUT2D eigenvalue weighted by molar-refractivity contribution is 0.382. The van der Waals surface area contributed by atoms with Crippen molar-refractivity contribution < 1.29 is 0 Å². The van der Waals surface area contributed by atoms with Gasteiger partial charge in [0.05, 0.1) is 5.69 Å². The zero-order valence-electron chi connectivity index (χ0n) is 11.8. The van der Waals surface area contributed by atoms with Crippen molar-refractivity contribution in [1.82, 2.24) is 15.1 Å². The van der Waals surface area contributed by atoms with Crippen LogP contribution in [0.4, 0.5) is 0 Å². The van der Waals surface area contributed by atoms with Crippen LogP contribution in [0.3, 0.4) is 0 Å². The second-order valence-electron chi connectivity index (χ2n) is 6.07. The smallest absolute Gasteiger partial charge is 0.0633 e. The Kier molecular flexibility index (Phi) is 3.91. The summed E-state index contributed by atoms with van der Waals surface area (Å²) in [4.78, 5) is 0. The molecule has 1 unspecified atom stereocenters. The SMILES string of the molecule is C=CC(C)(CNC1CC1)Cc1ccn(C(C)C)n1. The van der Waals surface area contributed by atoms with Crippen LogP contribution >= 0.6 is 0 Å². The Balaban J connectivity index is 1.96. The topological polar surface area (TPSA) is 29.9 Å². The van der Waals surface area contributed by atoms with E-state index >= 15 is 0 Å². The van der Waals surface area contributed by atoms with E-state index in [2.05, 4.69) is 56.1 Å². The maximum Gasteiger partial charge on any atom is 0.0633 e. The minimum Gasteiger partial charge on any atom is -0.313 e. The van der Waals surface area contributed by atoms with Crippen LogP contribution in [0.15, 0.2) is 24.9 Å². The van der Waals surface area contributed by atoms with Crippen LogP contribution in [0.1, 0.15) is 45.3 Å².